The smallest absolute Gasteiger partial charge is 0.266 e. The molecule has 0 radical (unpaired) electrons. The van der Waals surface area contributed by atoms with Crippen molar-refractivity contribution in [3.63, 3.8) is 0 Å². The van der Waals surface area contributed by atoms with Crippen LogP contribution in [0.3, 0.4) is 0 Å². The minimum Gasteiger partial charge on any atom is -0.454 e. The zero-order valence-electron chi connectivity index (χ0n) is 19.3. The lowest BCUT2D eigenvalue weighted by Gasteiger charge is -2.29. The second-order valence-corrected chi connectivity index (χ2v) is 8.30. The van der Waals surface area contributed by atoms with Crippen LogP contribution >= 0.6 is 0 Å². The van der Waals surface area contributed by atoms with Crippen LogP contribution in [0, 0.1) is 6.92 Å². The number of amides is 1. The first-order valence-electron chi connectivity index (χ1n) is 11.3. The molecule has 34 heavy (non-hydrogen) atoms. The average Bonchev–Trinajstić information content (AvgIpc) is 3.32. The highest BCUT2D eigenvalue weighted by molar-refractivity contribution is 5.95. The van der Waals surface area contributed by atoms with Gasteiger partial charge in [-0.3, -0.25) is 14.2 Å². The van der Waals surface area contributed by atoms with Crippen LogP contribution in [0.15, 0.2) is 71.5 Å². The van der Waals surface area contributed by atoms with Crippen molar-refractivity contribution < 1.29 is 14.3 Å². The predicted octanol–water partition coefficient (Wildman–Crippen LogP) is 4.65. The first-order valence-corrected chi connectivity index (χ1v) is 11.3. The minimum atomic E-state index is -0.472. The molecule has 2 heterocycles. The molecule has 0 aliphatic carbocycles. The van der Waals surface area contributed by atoms with Crippen molar-refractivity contribution in [1.29, 1.82) is 0 Å². The van der Waals surface area contributed by atoms with E-state index in [0.29, 0.717) is 40.3 Å². The van der Waals surface area contributed by atoms with E-state index < -0.39 is 6.04 Å². The topological polar surface area (TPSA) is 73.7 Å². The largest absolute Gasteiger partial charge is 0.454 e. The van der Waals surface area contributed by atoms with Crippen LogP contribution in [0.5, 0.6) is 11.5 Å². The first-order chi connectivity index (χ1) is 16.5. The van der Waals surface area contributed by atoms with Crippen molar-refractivity contribution in [3.8, 4) is 17.2 Å². The van der Waals surface area contributed by atoms with E-state index in [1.54, 1.807) is 33.7 Å². The number of carbonyl (C=O) groups excluding carboxylic acids is 1. The number of hydrogen-bond acceptors (Lipinski definition) is 5. The molecule has 4 aromatic rings. The fourth-order valence-electron chi connectivity index (χ4n) is 4.37. The number of carbonyl (C=O) groups is 1. The zero-order chi connectivity index (χ0) is 23.8. The minimum absolute atomic E-state index is 0.144. The fourth-order valence-corrected chi connectivity index (χ4v) is 4.37. The Kier molecular flexibility index (Phi) is 5.53. The van der Waals surface area contributed by atoms with Gasteiger partial charge >= 0.3 is 0 Å². The monoisotopic (exact) mass is 455 g/mol. The molecule has 0 fully saturated rings. The Hall–Kier alpha value is -4.13. The van der Waals surface area contributed by atoms with Gasteiger partial charge in [-0.15, -0.1) is 0 Å². The maximum atomic E-state index is 13.6. The Labute approximate surface area is 197 Å². The Balaban J connectivity index is 1.64. The standard InChI is InChI=1S/C27H25N3O4/c1-4-29(26(31)19-12-13-23-24(15-19)34-16-33-23)18(3)25-28-22-11-6-5-10-21(22)27(32)30(25)20-9-7-8-17(2)14-20/h5-15,18H,4,16H2,1-3H3. The van der Waals surface area contributed by atoms with Crippen LogP contribution in [0.25, 0.3) is 16.6 Å². The van der Waals surface area contributed by atoms with Gasteiger partial charge < -0.3 is 14.4 Å². The summed E-state index contributed by atoms with van der Waals surface area (Å²) < 4.78 is 12.4. The quantitative estimate of drug-likeness (QED) is 0.438. The summed E-state index contributed by atoms with van der Waals surface area (Å²) in [6.07, 6.45) is 0. The van der Waals surface area contributed by atoms with E-state index in [1.165, 1.54) is 0 Å². The van der Waals surface area contributed by atoms with Gasteiger partial charge in [0.25, 0.3) is 11.5 Å². The summed E-state index contributed by atoms with van der Waals surface area (Å²) >= 11 is 0. The van der Waals surface area contributed by atoms with E-state index in [4.69, 9.17) is 14.5 Å². The third-order valence-corrected chi connectivity index (χ3v) is 6.12. The fraction of sp³-hybridized carbons (Fsp3) is 0.222. The molecule has 7 heteroatoms. The molecule has 0 saturated carbocycles. The van der Waals surface area contributed by atoms with E-state index in [9.17, 15) is 9.59 Å². The molecule has 1 aliphatic rings. The summed E-state index contributed by atoms with van der Waals surface area (Å²) in [6.45, 7) is 6.37. The molecule has 0 bridgehead atoms. The highest BCUT2D eigenvalue weighted by atomic mass is 16.7. The summed E-state index contributed by atoms with van der Waals surface area (Å²) in [5, 5.41) is 0.533. The summed E-state index contributed by atoms with van der Waals surface area (Å²) in [5.74, 6) is 1.50. The van der Waals surface area contributed by atoms with Gasteiger partial charge in [-0.05, 0) is 68.8 Å². The van der Waals surface area contributed by atoms with Crippen molar-refractivity contribution in [1.82, 2.24) is 14.5 Å². The van der Waals surface area contributed by atoms with Gasteiger partial charge in [0.05, 0.1) is 22.6 Å². The Morgan fingerprint density at radius 3 is 2.65 bits per heavy atom. The van der Waals surface area contributed by atoms with E-state index >= 15 is 0 Å². The highest BCUT2D eigenvalue weighted by Gasteiger charge is 2.28. The van der Waals surface area contributed by atoms with Crippen LogP contribution in [0.1, 0.15) is 41.6 Å². The van der Waals surface area contributed by atoms with Crippen LogP contribution < -0.4 is 15.0 Å². The van der Waals surface area contributed by atoms with Crippen LogP contribution in [0.4, 0.5) is 0 Å². The number of fused-ring (bicyclic) bond motifs is 2. The number of benzene rings is 3. The average molecular weight is 456 g/mol. The molecule has 1 aliphatic heterocycles. The number of ether oxygens (including phenoxy) is 2. The van der Waals surface area contributed by atoms with Crippen LogP contribution in [-0.4, -0.2) is 33.7 Å². The summed E-state index contributed by atoms with van der Waals surface area (Å²) in [7, 11) is 0. The van der Waals surface area contributed by atoms with Crippen molar-refractivity contribution in [2.45, 2.75) is 26.8 Å². The predicted molar refractivity (Wildman–Crippen MR) is 130 cm³/mol. The lowest BCUT2D eigenvalue weighted by molar-refractivity contribution is 0.0693. The molecule has 172 valence electrons. The van der Waals surface area contributed by atoms with Crippen molar-refractivity contribution >= 4 is 16.8 Å². The molecule has 0 N–H and O–H groups in total. The number of aryl methyl sites for hydroxylation is 1. The summed E-state index contributed by atoms with van der Waals surface area (Å²) in [6, 6.07) is 19.7. The second kappa shape index (κ2) is 8.67. The Bertz CT molecular complexity index is 1460. The molecular formula is C27H25N3O4. The van der Waals surface area contributed by atoms with E-state index in [1.807, 2.05) is 63.2 Å². The van der Waals surface area contributed by atoms with Crippen molar-refractivity contribution in [2.75, 3.05) is 13.3 Å². The number of para-hydroxylation sites is 1. The Morgan fingerprint density at radius 1 is 1.06 bits per heavy atom. The molecule has 1 amide bonds. The number of hydrogen-bond donors (Lipinski definition) is 0. The summed E-state index contributed by atoms with van der Waals surface area (Å²) in [5.41, 5.74) is 2.68. The third kappa shape index (κ3) is 3.69. The SMILES string of the molecule is CCN(C(=O)c1ccc2c(c1)OCO2)C(C)c1nc2ccccc2c(=O)n1-c1cccc(C)c1. The molecule has 1 aromatic heterocycles. The lowest BCUT2D eigenvalue weighted by Crippen LogP contribution is -2.37. The van der Waals surface area contributed by atoms with E-state index in [2.05, 4.69) is 0 Å². The third-order valence-electron chi connectivity index (χ3n) is 6.12. The van der Waals surface area contributed by atoms with Crippen LogP contribution in [-0.2, 0) is 0 Å². The maximum Gasteiger partial charge on any atom is 0.266 e. The molecule has 5 rings (SSSR count). The van der Waals surface area contributed by atoms with Gasteiger partial charge in [-0.2, -0.15) is 0 Å². The maximum absolute atomic E-state index is 13.6. The van der Waals surface area contributed by atoms with Gasteiger partial charge in [0, 0.05) is 12.1 Å². The van der Waals surface area contributed by atoms with Gasteiger partial charge in [0.2, 0.25) is 6.79 Å². The second-order valence-electron chi connectivity index (χ2n) is 8.30. The van der Waals surface area contributed by atoms with Gasteiger partial charge in [-0.1, -0.05) is 24.3 Å². The normalized spacial score (nSPS) is 13.1. The molecule has 0 spiro atoms. The van der Waals surface area contributed by atoms with Crippen molar-refractivity contribution in [2.24, 2.45) is 0 Å². The van der Waals surface area contributed by atoms with Gasteiger partial charge in [0.15, 0.2) is 11.5 Å². The summed E-state index contributed by atoms with van der Waals surface area (Å²) in [4.78, 5) is 33.8. The van der Waals surface area contributed by atoms with E-state index in [0.717, 1.165) is 11.3 Å². The number of aromatic nitrogens is 2. The lowest BCUT2D eigenvalue weighted by atomic mass is 10.1. The zero-order valence-corrected chi connectivity index (χ0v) is 19.3. The highest BCUT2D eigenvalue weighted by Crippen LogP contribution is 2.33. The number of rotatable bonds is 5. The van der Waals surface area contributed by atoms with Gasteiger partial charge in [-0.25, -0.2) is 4.98 Å². The van der Waals surface area contributed by atoms with Crippen LogP contribution in [0.2, 0.25) is 0 Å². The molecule has 1 atom stereocenters. The molecule has 0 saturated heterocycles. The Morgan fingerprint density at radius 2 is 1.85 bits per heavy atom. The van der Waals surface area contributed by atoms with Gasteiger partial charge in [0.1, 0.15) is 5.82 Å². The molecular weight excluding hydrogens is 430 g/mol. The molecule has 1 unspecified atom stereocenters. The molecule has 7 nitrogen and oxygen atoms in total. The van der Waals surface area contributed by atoms with E-state index in [-0.39, 0.29) is 18.3 Å². The molecule has 3 aromatic carbocycles. The number of nitrogens with zero attached hydrogens (tertiary/aromatic N) is 3. The first kappa shape index (κ1) is 21.7. The van der Waals surface area contributed by atoms with Crippen molar-refractivity contribution in [3.05, 3.63) is 94.0 Å².